The van der Waals surface area contributed by atoms with E-state index in [-0.39, 0.29) is 13.1 Å². The molecule has 1 aromatic rings. The van der Waals surface area contributed by atoms with E-state index in [1.54, 1.807) is 12.1 Å². The van der Waals surface area contributed by atoms with Crippen molar-refractivity contribution in [3.05, 3.63) is 29.8 Å². The van der Waals surface area contributed by atoms with Gasteiger partial charge in [0.25, 0.3) is 0 Å². The number of sulfonamides is 1. The molecule has 1 saturated heterocycles. The lowest BCUT2D eigenvalue weighted by Crippen LogP contribution is -2.50. The smallest absolute Gasteiger partial charge is 0.409 e. The fourth-order valence-corrected chi connectivity index (χ4v) is 3.71. The van der Waals surface area contributed by atoms with E-state index in [1.807, 2.05) is 19.1 Å². The second-order valence-electron chi connectivity index (χ2n) is 4.86. The summed E-state index contributed by atoms with van der Waals surface area (Å²) in [5.41, 5.74) is 1.10. The van der Waals surface area contributed by atoms with Gasteiger partial charge >= 0.3 is 6.09 Å². The zero-order chi connectivity index (χ0) is 15.5. The maximum Gasteiger partial charge on any atom is 0.409 e. The monoisotopic (exact) mass is 312 g/mol. The third-order valence-electron chi connectivity index (χ3n) is 3.64. The molecule has 0 N–H and O–H groups in total. The summed E-state index contributed by atoms with van der Waals surface area (Å²) in [6.45, 7) is 3.29. The van der Waals surface area contributed by atoms with Crippen molar-refractivity contribution in [1.29, 1.82) is 0 Å². The molecule has 1 aromatic carbocycles. The van der Waals surface area contributed by atoms with Crippen LogP contribution in [0, 0.1) is 0 Å². The van der Waals surface area contributed by atoms with Gasteiger partial charge in [-0.1, -0.05) is 19.1 Å². The molecule has 0 radical (unpaired) electrons. The van der Waals surface area contributed by atoms with Gasteiger partial charge in [-0.15, -0.1) is 0 Å². The van der Waals surface area contributed by atoms with E-state index >= 15 is 0 Å². The highest BCUT2D eigenvalue weighted by molar-refractivity contribution is 7.89. The standard InChI is InChI=1S/C14H20N2O4S/c1-3-12-4-6-13(7-5-12)21(18,19)16-10-8-15(9-11-16)14(17)20-2/h4-7H,3,8-11H2,1-2H3. The minimum atomic E-state index is -3.49. The Labute approximate surface area is 125 Å². The van der Waals surface area contributed by atoms with Gasteiger partial charge in [-0.05, 0) is 24.1 Å². The molecule has 2 rings (SSSR count). The fraction of sp³-hybridized carbons (Fsp3) is 0.500. The SMILES string of the molecule is CCc1ccc(S(=O)(=O)N2CCN(C(=O)OC)CC2)cc1. The Morgan fingerprint density at radius 2 is 1.71 bits per heavy atom. The van der Waals surface area contributed by atoms with Gasteiger partial charge in [0.05, 0.1) is 12.0 Å². The summed E-state index contributed by atoms with van der Waals surface area (Å²) in [4.78, 5) is 13.2. The van der Waals surface area contributed by atoms with Crippen LogP contribution in [0.3, 0.4) is 0 Å². The van der Waals surface area contributed by atoms with Crippen LogP contribution in [-0.4, -0.2) is 57.0 Å². The van der Waals surface area contributed by atoms with E-state index in [4.69, 9.17) is 0 Å². The number of rotatable bonds is 3. The number of hydrogen-bond donors (Lipinski definition) is 0. The summed E-state index contributed by atoms with van der Waals surface area (Å²) in [6.07, 6.45) is 0.456. The summed E-state index contributed by atoms with van der Waals surface area (Å²) >= 11 is 0. The maximum absolute atomic E-state index is 12.5. The Balaban J connectivity index is 2.09. The zero-order valence-corrected chi connectivity index (χ0v) is 13.1. The van der Waals surface area contributed by atoms with Crippen LogP contribution in [0.1, 0.15) is 12.5 Å². The number of benzene rings is 1. The van der Waals surface area contributed by atoms with Crippen molar-refractivity contribution >= 4 is 16.1 Å². The first-order chi connectivity index (χ1) is 9.98. The van der Waals surface area contributed by atoms with Gasteiger partial charge < -0.3 is 9.64 Å². The molecule has 0 aromatic heterocycles. The average Bonchev–Trinajstić information content (AvgIpc) is 2.54. The van der Waals surface area contributed by atoms with Crippen LogP contribution in [-0.2, 0) is 21.2 Å². The molecule has 1 aliphatic heterocycles. The molecule has 0 bridgehead atoms. The number of piperazine rings is 1. The molecule has 116 valence electrons. The highest BCUT2D eigenvalue weighted by Gasteiger charge is 2.30. The number of carbonyl (C=O) groups excluding carboxylic acids is 1. The molecule has 6 nitrogen and oxygen atoms in total. The van der Waals surface area contributed by atoms with Gasteiger partial charge in [0.2, 0.25) is 10.0 Å². The highest BCUT2D eigenvalue weighted by atomic mass is 32.2. The van der Waals surface area contributed by atoms with Crippen molar-refractivity contribution in [3.8, 4) is 0 Å². The molecule has 0 unspecified atom stereocenters. The molecule has 1 amide bonds. The molecule has 1 fully saturated rings. The third kappa shape index (κ3) is 3.36. The van der Waals surface area contributed by atoms with Crippen LogP contribution in [0.4, 0.5) is 4.79 Å². The topological polar surface area (TPSA) is 66.9 Å². The summed E-state index contributed by atoms with van der Waals surface area (Å²) in [5.74, 6) is 0. The molecule has 1 aliphatic rings. The number of nitrogens with zero attached hydrogens (tertiary/aromatic N) is 2. The second kappa shape index (κ2) is 6.44. The predicted molar refractivity (Wildman–Crippen MR) is 78.6 cm³/mol. The minimum absolute atomic E-state index is 0.285. The fourth-order valence-electron chi connectivity index (χ4n) is 2.29. The average molecular weight is 312 g/mol. The first-order valence-electron chi connectivity index (χ1n) is 6.91. The number of carbonyl (C=O) groups is 1. The number of aryl methyl sites for hydroxylation is 1. The van der Waals surface area contributed by atoms with Crippen LogP contribution in [0.25, 0.3) is 0 Å². The first-order valence-corrected chi connectivity index (χ1v) is 8.35. The second-order valence-corrected chi connectivity index (χ2v) is 6.80. The van der Waals surface area contributed by atoms with E-state index in [2.05, 4.69) is 4.74 Å². The maximum atomic E-state index is 12.5. The molecular weight excluding hydrogens is 292 g/mol. The molecule has 21 heavy (non-hydrogen) atoms. The number of amides is 1. The van der Waals surface area contributed by atoms with Crippen molar-refractivity contribution in [3.63, 3.8) is 0 Å². The predicted octanol–water partition coefficient (Wildman–Crippen LogP) is 1.32. The third-order valence-corrected chi connectivity index (χ3v) is 5.55. The van der Waals surface area contributed by atoms with Crippen molar-refractivity contribution in [2.24, 2.45) is 0 Å². The van der Waals surface area contributed by atoms with Gasteiger partial charge in [-0.3, -0.25) is 0 Å². The minimum Gasteiger partial charge on any atom is -0.453 e. The van der Waals surface area contributed by atoms with Crippen molar-refractivity contribution in [2.45, 2.75) is 18.2 Å². The van der Waals surface area contributed by atoms with Gasteiger partial charge in [-0.25, -0.2) is 13.2 Å². The largest absolute Gasteiger partial charge is 0.453 e. The Bertz CT molecular complexity index is 590. The Morgan fingerprint density at radius 3 is 2.19 bits per heavy atom. The van der Waals surface area contributed by atoms with E-state index in [0.717, 1.165) is 12.0 Å². The van der Waals surface area contributed by atoms with E-state index in [1.165, 1.54) is 16.3 Å². The van der Waals surface area contributed by atoms with Crippen LogP contribution >= 0.6 is 0 Å². The Morgan fingerprint density at radius 1 is 1.14 bits per heavy atom. The summed E-state index contributed by atoms with van der Waals surface area (Å²) in [5, 5.41) is 0. The number of methoxy groups -OCH3 is 1. The van der Waals surface area contributed by atoms with E-state index in [0.29, 0.717) is 18.0 Å². The summed E-state index contributed by atoms with van der Waals surface area (Å²) in [6, 6.07) is 6.94. The first kappa shape index (κ1) is 15.8. The van der Waals surface area contributed by atoms with Gasteiger partial charge in [0.15, 0.2) is 0 Å². The lowest BCUT2D eigenvalue weighted by atomic mass is 10.2. The molecular formula is C14H20N2O4S. The van der Waals surface area contributed by atoms with Crippen LogP contribution < -0.4 is 0 Å². The number of ether oxygens (including phenoxy) is 1. The van der Waals surface area contributed by atoms with Gasteiger partial charge in [-0.2, -0.15) is 4.31 Å². The van der Waals surface area contributed by atoms with Crippen LogP contribution in [0.2, 0.25) is 0 Å². The van der Waals surface area contributed by atoms with Crippen LogP contribution in [0.5, 0.6) is 0 Å². The Kier molecular flexibility index (Phi) is 4.84. The normalized spacial score (nSPS) is 16.8. The molecule has 1 heterocycles. The summed E-state index contributed by atoms with van der Waals surface area (Å²) in [7, 11) is -2.17. The van der Waals surface area contributed by atoms with E-state index < -0.39 is 16.1 Å². The molecule has 0 spiro atoms. The van der Waals surface area contributed by atoms with Gasteiger partial charge in [0.1, 0.15) is 0 Å². The van der Waals surface area contributed by atoms with E-state index in [9.17, 15) is 13.2 Å². The molecule has 0 atom stereocenters. The molecule has 0 aliphatic carbocycles. The van der Waals surface area contributed by atoms with Gasteiger partial charge in [0, 0.05) is 26.2 Å². The number of hydrogen-bond acceptors (Lipinski definition) is 4. The zero-order valence-electron chi connectivity index (χ0n) is 12.3. The lowest BCUT2D eigenvalue weighted by Gasteiger charge is -2.33. The van der Waals surface area contributed by atoms with Crippen LogP contribution in [0.15, 0.2) is 29.2 Å². The lowest BCUT2D eigenvalue weighted by molar-refractivity contribution is 0.108. The molecule has 7 heteroatoms. The summed E-state index contributed by atoms with van der Waals surface area (Å²) < 4.78 is 31.1. The Hall–Kier alpha value is -1.60. The van der Waals surface area contributed by atoms with Crippen molar-refractivity contribution in [1.82, 2.24) is 9.21 Å². The molecule has 0 saturated carbocycles. The van der Waals surface area contributed by atoms with Crippen molar-refractivity contribution in [2.75, 3.05) is 33.3 Å². The highest BCUT2D eigenvalue weighted by Crippen LogP contribution is 2.18. The quantitative estimate of drug-likeness (QED) is 0.844. The van der Waals surface area contributed by atoms with Crippen molar-refractivity contribution < 1.29 is 17.9 Å².